The van der Waals surface area contributed by atoms with Crippen molar-refractivity contribution in [3.05, 3.63) is 71.3 Å². The smallest absolute Gasteiger partial charge is 0.244 e. The maximum atomic E-state index is 12.7. The Labute approximate surface area is 169 Å². The lowest BCUT2D eigenvalue weighted by molar-refractivity contribution is -0.116. The molecular weight excluding hydrogens is 390 g/mol. The van der Waals surface area contributed by atoms with Crippen LogP contribution >= 0.6 is 0 Å². The van der Waals surface area contributed by atoms with Crippen LogP contribution in [0.4, 0.5) is 0 Å². The second kappa shape index (κ2) is 8.90. The molecule has 0 aliphatic carbocycles. The fraction of sp³-hybridized carbons (Fsp3) is 0.238. The van der Waals surface area contributed by atoms with E-state index in [1.54, 1.807) is 24.3 Å². The Bertz CT molecular complexity index is 1040. The number of sulfonamides is 1. The van der Waals surface area contributed by atoms with Gasteiger partial charge in [0.15, 0.2) is 0 Å². The molecule has 0 atom stereocenters. The lowest BCUT2D eigenvalue weighted by atomic mass is 10.1. The number of phenolic OH excluding ortho intramolecular Hbond substituents is 1. The molecule has 1 saturated heterocycles. The number of benzene rings is 2. The third-order valence-corrected chi connectivity index (χ3v) is 6.64. The lowest BCUT2D eigenvalue weighted by Gasteiger charge is -2.27. The summed E-state index contributed by atoms with van der Waals surface area (Å²) in [6.45, 7) is 0.964. The molecule has 0 bridgehead atoms. The van der Waals surface area contributed by atoms with Gasteiger partial charge < -0.3 is 10.4 Å². The molecule has 7 nitrogen and oxygen atoms in total. The van der Waals surface area contributed by atoms with Gasteiger partial charge in [-0.3, -0.25) is 4.79 Å². The molecule has 1 aliphatic heterocycles. The number of nitriles is 1. The van der Waals surface area contributed by atoms with E-state index in [4.69, 9.17) is 5.26 Å². The molecule has 29 heavy (non-hydrogen) atoms. The molecule has 0 saturated carbocycles. The van der Waals surface area contributed by atoms with Crippen LogP contribution in [0.5, 0.6) is 5.75 Å². The van der Waals surface area contributed by atoms with Gasteiger partial charge in [0.1, 0.15) is 5.75 Å². The van der Waals surface area contributed by atoms with Crippen molar-refractivity contribution in [2.45, 2.75) is 24.3 Å². The Morgan fingerprint density at radius 1 is 1.10 bits per heavy atom. The second-order valence-electron chi connectivity index (χ2n) is 6.73. The van der Waals surface area contributed by atoms with Crippen molar-refractivity contribution in [2.24, 2.45) is 0 Å². The van der Waals surface area contributed by atoms with Gasteiger partial charge in [0.25, 0.3) is 0 Å². The van der Waals surface area contributed by atoms with Crippen LogP contribution in [0.3, 0.4) is 0 Å². The van der Waals surface area contributed by atoms with Crippen LogP contribution in [0.15, 0.2) is 65.1 Å². The van der Waals surface area contributed by atoms with Crippen LogP contribution < -0.4 is 5.32 Å². The van der Waals surface area contributed by atoms with Crippen molar-refractivity contribution in [3.63, 3.8) is 0 Å². The van der Waals surface area contributed by atoms with Crippen molar-refractivity contribution < 1.29 is 18.3 Å². The van der Waals surface area contributed by atoms with Gasteiger partial charge in [0.05, 0.1) is 16.5 Å². The number of nitrogens with zero attached hydrogens (tertiary/aromatic N) is 2. The van der Waals surface area contributed by atoms with Gasteiger partial charge in [0, 0.05) is 25.7 Å². The highest BCUT2D eigenvalue weighted by atomic mass is 32.2. The van der Waals surface area contributed by atoms with E-state index in [1.165, 1.54) is 34.6 Å². The predicted octanol–water partition coefficient (Wildman–Crippen LogP) is 2.29. The zero-order chi connectivity index (χ0) is 20.9. The average Bonchev–Trinajstić information content (AvgIpc) is 2.73. The van der Waals surface area contributed by atoms with Crippen molar-refractivity contribution in [3.8, 4) is 11.8 Å². The van der Waals surface area contributed by atoms with Gasteiger partial charge in [-0.15, -0.1) is 0 Å². The Balaban J connectivity index is 1.54. The predicted molar refractivity (Wildman–Crippen MR) is 107 cm³/mol. The Hall–Kier alpha value is -3.15. The number of piperidine rings is 1. The Morgan fingerprint density at radius 3 is 2.31 bits per heavy atom. The summed E-state index contributed by atoms with van der Waals surface area (Å²) in [4.78, 5) is 12.3. The van der Waals surface area contributed by atoms with Gasteiger partial charge in [-0.05, 0) is 54.8 Å². The minimum absolute atomic E-state index is 0.0137. The van der Waals surface area contributed by atoms with E-state index in [9.17, 15) is 18.3 Å². The SMILES string of the molecule is N#Cc1ccc(CNC(=O)C=C2CCN(S(=O)(=O)c3ccc(O)cc3)CC2)cc1. The zero-order valence-electron chi connectivity index (χ0n) is 15.7. The molecule has 0 unspecified atom stereocenters. The number of carbonyl (C=O) groups is 1. The first-order chi connectivity index (χ1) is 13.9. The van der Waals surface area contributed by atoms with Crippen molar-refractivity contribution in [1.29, 1.82) is 5.26 Å². The number of hydrogen-bond acceptors (Lipinski definition) is 5. The zero-order valence-corrected chi connectivity index (χ0v) is 16.5. The van der Waals surface area contributed by atoms with Crippen molar-refractivity contribution >= 4 is 15.9 Å². The van der Waals surface area contributed by atoms with Gasteiger partial charge in [0.2, 0.25) is 15.9 Å². The molecule has 1 amide bonds. The molecular formula is C21H21N3O4S. The number of aromatic hydroxyl groups is 1. The Morgan fingerprint density at radius 2 is 1.72 bits per heavy atom. The van der Waals surface area contributed by atoms with Crippen LogP contribution in [0.1, 0.15) is 24.0 Å². The van der Waals surface area contributed by atoms with E-state index in [0.29, 0.717) is 38.0 Å². The second-order valence-corrected chi connectivity index (χ2v) is 8.67. The fourth-order valence-electron chi connectivity index (χ4n) is 3.05. The number of rotatable bonds is 5. The number of nitrogens with one attached hydrogen (secondary N) is 1. The summed E-state index contributed by atoms with van der Waals surface area (Å²) < 4.78 is 26.7. The maximum Gasteiger partial charge on any atom is 0.244 e. The number of phenols is 1. The normalized spacial score (nSPS) is 14.8. The molecule has 2 aromatic carbocycles. The van der Waals surface area contributed by atoms with E-state index in [-0.39, 0.29) is 16.6 Å². The fourth-order valence-corrected chi connectivity index (χ4v) is 4.49. The highest BCUT2D eigenvalue weighted by molar-refractivity contribution is 7.89. The first-order valence-electron chi connectivity index (χ1n) is 9.14. The van der Waals surface area contributed by atoms with E-state index >= 15 is 0 Å². The quantitative estimate of drug-likeness (QED) is 0.734. The van der Waals surface area contributed by atoms with Crippen LogP contribution in [-0.4, -0.2) is 36.8 Å². The van der Waals surface area contributed by atoms with Gasteiger partial charge >= 0.3 is 0 Å². The highest BCUT2D eigenvalue weighted by Gasteiger charge is 2.27. The lowest BCUT2D eigenvalue weighted by Crippen LogP contribution is -2.36. The van der Waals surface area contributed by atoms with Crippen LogP contribution in [-0.2, 0) is 21.4 Å². The summed E-state index contributed by atoms with van der Waals surface area (Å²) >= 11 is 0. The minimum Gasteiger partial charge on any atom is -0.508 e. The average molecular weight is 411 g/mol. The van der Waals surface area contributed by atoms with Gasteiger partial charge in [-0.25, -0.2) is 8.42 Å². The number of carbonyl (C=O) groups excluding carboxylic acids is 1. The van der Waals surface area contributed by atoms with E-state index in [0.717, 1.165) is 11.1 Å². The molecule has 0 radical (unpaired) electrons. The summed E-state index contributed by atoms with van der Waals surface area (Å²) in [5.74, 6) is -0.209. The first-order valence-corrected chi connectivity index (χ1v) is 10.6. The van der Waals surface area contributed by atoms with E-state index in [1.807, 2.05) is 6.07 Å². The molecule has 0 aromatic heterocycles. The Kier molecular flexibility index (Phi) is 6.32. The molecule has 150 valence electrons. The highest BCUT2D eigenvalue weighted by Crippen LogP contribution is 2.24. The minimum atomic E-state index is -3.61. The summed E-state index contributed by atoms with van der Waals surface area (Å²) in [5, 5.41) is 20.9. The van der Waals surface area contributed by atoms with Crippen LogP contribution in [0.2, 0.25) is 0 Å². The van der Waals surface area contributed by atoms with E-state index < -0.39 is 10.0 Å². The molecule has 2 N–H and O–H groups in total. The molecule has 0 spiro atoms. The first kappa shape index (κ1) is 20.6. The third kappa shape index (κ3) is 5.22. The van der Waals surface area contributed by atoms with Crippen molar-refractivity contribution in [1.82, 2.24) is 9.62 Å². The standard InChI is InChI=1S/C21H21N3O4S/c22-14-17-1-3-18(4-2-17)15-23-21(26)13-16-9-11-24(12-10-16)29(27,28)20-7-5-19(25)6-8-20/h1-8,13,25H,9-12,15H2,(H,23,26). The monoisotopic (exact) mass is 411 g/mol. The molecule has 8 heteroatoms. The molecule has 2 aromatic rings. The summed E-state index contributed by atoms with van der Waals surface area (Å²) in [5.41, 5.74) is 2.36. The van der Waals surface area contributed by atoms with Crippen LogP contribution in [0.25, 0.3) is 0 Å². The molecule has 1 heterocycles. The van der Waals surface area contributed by atoms with Gasteiger partial charge in [-0.2, -0.15) is 9.57 Å². The number of amides is 1. The summed E-state index contributed by atoms with van der Waals surface area (Å²) in [7, 11) is -3.61. The third-order valence-electron chi connectivity index (χ3n) is 4.72. The largest absolute Gasteiger partial charge is 0.508 e. The summed E-state index contributed by atoms with van der Waals surface area (Å²) in [6, 6.07) is 14.5. The topological polar surface area (TPSA) is 111 Å². The van der Waals surface area contributed by atoms with Crippen LogP contribution in [0, 0.1) is 11.3 Å². The molecule has 1 aliphatic rings. The summed E-state index contributed by atoms with van der Waals surface area (Å²) in [6.07, 6.45) is 2.51. The molecule has 3 rings (SSSR count). The maximum absolute atomic E-state index is 12.7. The molecule has 1 fully saturated rings. The van der Waals surface area contributed by atoms with E-state index in [2.05, 4.69) is 5.32 Å². The van der Waals surface area contributed by atoms with Crippen molar-refractivity contribution in [2.75, 3.05) is 13.1 Å². The number of hydrogen-bond donors (Lipinski definition) is 2. The van der Waals surface area contributed by atoms with Gasteiger partial charge in [-0.1, -0.05) is 17.7 Å².